The molecule has 1 heterocycles. The fraction of sp³-hybridized carbons (Fsp3) is 0.280. The number of nitrogens with zero attached hydrogens (tertiary/aromatic N) is 1. The fourth-order valence-corrected chi connectivity index (χ4v) is 4.05. The van der Waals surface area contributed by atoms with Crippen LogP contribution >= 0.6 is 0 Å². The second kappa shape index (κ2) is 9.51. The van der Waals surface area contributed by atoms with Crippen molar-refractivity contribution in [3.63, 3.8) is 0 Å². The number of nitrogens with one attached hydrogen (secondary N) is 1. The lowest BCUT2D eigenvalue weighted by Crippen LogP contribution is -2.46. The van der Waals surface area contributed by atoms with Crippen LogP contribution in [0.3, 0.4) is 0 Å². The van der Waals surface area contributed by atoms with E-state index in [0.29, 0.717) is 17.0 Å². The highest BCUT2D eigenvalue weighted by Crippen LogP contribution is 2.31. The Hall–Kier alpha value is -3.54. The first-order chi connectivity index (χ1) is 15.2. The average molecular weight is 418 g/mol. The van der Waals surface area contributed by atoms with E-state index in [9.17, 15) is 9.59 Å². The molecule has 1 aliphatic carbocycles. The summed E-state index contributed by atoms with van der Waals surface area (Å²) in [5, 5.41) is 3.16. The lowest BCUT2D eigenvalue weighted by Gasteiger charge is -2.31. The van der Waals surface area contributed by atoms with Gasteiger partial charge in [0.15, 0.2) is 5.76 Å². The first-order valence-corrected chi connectivity index (χ1v) is 10.5. The minimum absolute atomic E-state index is 0.129. The Balaban J connectivity index is 1.78. The molecule has 2 aromatic carbocycles. The number of rotatable bonds is 7. The zero-order chi connectivity index (χ0) is 21.6. The molecule has 0 saturated heterocycles. The summed E-state index contributed by atoms with van der Waals surface area (Å²) in [5.74, 6) is 0.276. The molecule has 1 N–H and O–H groups in total. The van der Waals surface area contributed by atoms with Gasteiger partial charge < -0.3 is 14.5 Å². The minimum Gasteiger partial charge on any atom is -0.497 e. The second-order valence-electron chi connectivity index (χ2n) is 7.65. The molecule has 6 nitrogen and oxygen atoms in total. The van der Waals surface area contributed by atoms with Crippen LogP contribution in [0.4, 0.5) is 5.69 Å². The van der Waals surface area contributed by atoms with Gasteiger partial charge in [-0.05, 0) is 54.8 Å². The third-order valence-corrected chi connectivity index (χ3v) is 5.62. The highest BCUT2D eigenvalue weighted by atomic mass is 16.5. The number of hydrogen-bond donors (Lipinski definition) is 1. The van der Waals surface area contributed by atoms with Gasteiger partial charge in [0.05, 0.1) is 13.4 Å². The predicted molar refractivity (Wildman–Crippen MR) is 118 cm³/mol. The van der Waals surface area contributed by atoms with Crippen LogP contribution < -0.4 is 15.0 Å². The van der Waals surface area contributed by atoms with E-state index in [1.54, 1.807) is 31.4 Å². The Morgan fingerprint density at radius 3 is 2.32 bits per heavy atom. The zero-order valence-corrected chi connectivity index (χ0v) is 17.5. The van der Waals surface area contributed by atoms with Crippen LogP contribution in [-0.2, 0) is 4.79 Å². The Kier molecular flexibility index (Phi) is 6.36. The molecular weight excluding hydrogens is 392 g/mol. The van der Waals surface area contributed by atoms with Crippen molar-refractivity contribution in [3.05, 3.63) is 84.3 Å². The standard InChI is InChI=1S/C25H26N2O4/c1-30-21-15-13-18(14-16-21)23(24(28)26-19-8-5-6-9-19)27(20-10-3-2-4-11-20)25(29)22-12-7-17-31-22/h2-4,7,10-17,19,23H,5-6,8-9H2,1H3,(H,26,28). The van der Waals surface area contributed by atoms with Gasteiger partial charge in [-0.15, -0.1) is 0 Å². The molecule has 6 heteroatoms. The summed E-state index contributed by atoms with van der Waals surface area (Å²) >= 11 is 0. The Morgan fingerprint density at radius 1 is 1.00 bits per heavy atom. The van der Waals surface area contributed by atoms with Crippen molar-refractivity contribution >= 4 is 17.5 Å². The van der Waals surface area contributed by atoms with Gasteiger partial charge in [-0.3, -0.25) is 14.5 Å². The second-order valence-corrected chi connectivity index (χ2v) is 7.65. The van der Waals surface area contributed by atoms with E-state index in [4.69, 9.17) is 9.15 Å². The van der Waals surface area contributed by atoms with Crippen molar-refractivity contribution in [2.75, 3.05) is 12.0 Å². The molecular formula is C25H26N2O4. The molecule has 31 heavy (non-hydrogen) atoms. The van der Waals surface area contributed by atoms with E-state index in [2.05, 4.69) is 5.32 Å². The average Bonchev–Trinajstić information content (AvgIpc) is 3.52. The molecule has 2 amide bonds. The number of anilines is 1. The molecule has 0 spiro atoms. The van der Waals surface area contributed by atoms with Crippen LogP contribution in [0.1, 0.15) is 47.8 Å². The number of benzene rings is 2. The molecule has 1 aliphatic rings. The maximum Gasteiger partial charge on any atom is 0.294 e. The molecule has 1 fully saturated rings. The minimum atomic E-state index is -0.855. The number of carbonyl (C=O) groups excluding carboxylic acids is 2. The SMILES string of the molecule is COc1ccc(C(C(=O)NC2CCCC2)N(C(=O)c2ccco2)c2ccccc2)cc1. The lowest BCUT2D eigenvalue weighted by molar-refractivity contribution is -0.123. The first kappa shape index (κ1) is 20.7. The van der Waals surface area contributed by atoms with Gasteiger partial charge in [0.1, 0.15) is 11.8 Å². The maximum atomic E-state index is 13.6. The first-order valence-electron chi connectivity index (χ1n) is 10.5. The van der Waals surface area contributed by atoms with Gasteiger partial charge in [0.25, 0.3) is 5.91 Å². The molecule has 0 radical (unpaired) electrons. The summed E-state index contributed by atoms with van der Waals surface area (Å²) in [4.78, 5) is 28.6. The van der Waals surface area contributed by atoms with Gasteiger partial charge in [0.2, 0.25) is 5.91 Å². The van der Waals surface area contributed by atoms with Gasteiger partial charge in [-0.1, -0.05) is 43.2 Å². The van der Waals surface area contributed by atoms with Crippen LogP contribution in [0, 0.1) is 0 Å². The molecule has 3 aromatic rings. The lowest BCUT2D eigenvalue weighted by atomic mass is 10.0. The van der Waals surface area contributed by atoms with Crippen LogP contribution in [0.2, 0.25) is 0 Å². The van der Waals surface area contributed by atoms with E-state index < -0.39 is 6.04 Å². The third kappa shape index (κ3) is 4.63. The molecule has 1 aromatic heterocycles. The molecule has 0 aliphatic heterocycles. The number of furan rings is 1. The van der Waals surface area contributed by atoms with Crippen molar-refractivity contribution in [1.82, 2.24) is 5.32 Å². The summed E-state index contributed by atoms with van der Waals surface area (Å²) in [6.45, 7) is 0. The summed E-state index contributed by atoms with van der Waals surface area (Å²) < 4.78 is 10.7. The topological polar surface area (TPSA) is 71.8 Å². The molecule has 0 bridgehead atoms. The summed E-state index contributed by atoms with van der Waals surface area (Å²) in [5.41, 5.74) is 1.31. The Morgan fingerprint density at radius 2 is 1.71 bits per heavy atom. The van der Waals surface area contributed by atoms with Crippen LogP contribution in [0.5, 0.6) is 5.75 Å². The van der Waals surface area contributed by atoms with E-state index in [0.717, 1.165) is 25.7 Å². The van der Waals surface area contributed by atoms with Crippen LogP contribution in [-0.4, -0.2) is 25.0 Å². The summed E-state index contributed by atoms with van der Waals surface area (Å²) in [6.07, 6.45) is 5.58. The van der Waals surface area contributed by atoms with Gasteiger partial charge in [-0.2, -0.15) is 0 Å². The molecule has 1 unspecified atom stereocenters. The number of hydrogen-bond acceptors (Lipinski definition) is 4. The van der Waals surface area contributed by atoms with Crippen LogP contribution in [0.15, 0.2) is 77.4 Å². The Bertz CT molecular complexity index is 994. The predicted octanol–water partition coefficient (Wildman–Crippen LogP) is 4.74. The monoisotopic (exact) mass is 418 g/mol. The maximum absolute atomic E-state index is 13.6. The normalized spacial score (nSPS) is 14.7. The summed E-state index contributed by atoms with van der Waals surface area (Å²) in [7, 11) is 1.59. The van der Waals surface area contributed by atoms with Crippen LogP contribution in [0.25, 0.3) is 0 Å². The van der Waals surface area contributed by atoms with Gasteiger partial charge in [0, 0.05) is 11.7 Å². The molecule has 4 rings (SSSR count). The van der Waals surface area contributed by atoms with E-state index >= 15 is 0 Å². The fourth-order valence-electron chi connectivity index (χ4n) is 4.05. The van der Waals surface area contributed by atoms with Gasteiger partial charge >= 0.3 is 0 Å². The number of ether oxygens (including phenoxy) is 1. The number of carbonyl (C=O) groups is 2. The zero-order valence-electron chi connectivity index (χ0n) is 17.5. The number of para-hydroxylation sites is 1. The van der Waals surface area contributed by atoms with E-state index in [1.165, 1.54) is 11.2 Å². The van der Waals surface area contributed by atoms with Crippen molar-refractivity contribution in [1.29, 1.82) is 0 Å². The number of methoxy groups -OCH3 is 1. The van der Waals surface area contributed by atoms with E-state index in [-0.39, 0.29) is 23.6 Å². The summed E-state index contributed by atoms with van der Waals surface area (Å²) in [6, 6.07) is 19.0. The Labute approximate surface area is 181 Å². The van der Waals surface area contributed by atoms with Crippen molar-refractivity contribution in [2.24, 2.45) is 0 Å². The van der Waals surface area contributed by atoms with Crippen molar-refractivity contribution in [2.45, 2.75) is 37.8 Å². The van der Waals surface area contributed by atoms with Crippen molar-refractivity contribution < 1.29 is 18.7 Å². The highest BCUT2D eigenvalue weighted by Gasteiger charge is 2.35. The number of amides is 2. The van der Waals surface area contributed by atoms with Gasteiger partial charge in [-0.25, -0.2) is 0 Å². The largest absolute Gasteiger partial charge is 0.497 e. The smallest absolute Gasteiger partial charge is 0.294 e. The highest BCUT2D eigenvalue weighted by molar-refractivity contribution is 6.08. The quantitative estimate of drug-likeness (QED) is 0.602. The van der Waals surface area contributed by atoms with Crippen molar-refractivity contribution in [3.8, 4) is 5.75 Å². The van der Waals surface area contributed by atoms with E-state index in [1.807, 2.05) is 42.5 Å². The molecule has 1 atom stereocenters. The molecule has 160 valence electrons. The third-order valence-electron chi connectivity index (χ3n) is 5.62. The molecule has 1 saturated carbocycles.